The molecule has 0 fully saturated rings. The topological polar surface area (TPSA) is 64.6 Å². The van der Waals surface area contributed by atoms with Gasteiger partial charge in [-0.25, -0.2) is 4.79 Å². The van der Waals surface area contributed by atoms with Gasteiger partial charge in [-0.1, -0.05) is 46.3 Å². The Hall–Kier alpha value is -2.34. The number of aryl methyl sites for hydroxylation is 2. The van der Waals surface area contributed by atoms with E-state index >= 15 is 0 Å². The van der Waals surface area contributed by atoms with Gasteiger partial charge in [-0.3, -0.25) is 4.79 Å². The van der Waals surface area contributed by atoms with Gasteiger partial charge in [0.05, 0.1) is 6.61 Å². The molecule has 0 bridgehead atoms. The van der Waals surface area contributed by atoms with Crippen molar-refractivity contribution < 1.29 is 19.1 Å². The number of benzene rings is 2. The highest BCUT2D eigenvalue weighted by molar-refractivity contribution is 9.10. The highest BCUT2D eigenvalue weighted by atomic mass is 79.9. The van der Waals surface area contributed by atoms with Gasteiger partial charge in [-0.15, -0.1) is 0 Å². The Morgan fingerprint density at radius 2 is 1.71 bits per heavy atom. The van der Waals surface area contributed by atoms with E-state index in [9.17, 15) is 9.59 Å². The summed E-state index contributed by atoms with van der Waals surface area (Å²) in [6.07, 6.45) is -0.402. The molecule has 0 radical (unpaired) electrons. The van der Waals surface area contributed by atoms with Gasteiger partial charge in [-0.2, -0.15) is 0 Å². The first-order chi connectivity index (χ1) is 13.3. The normalized spacial score (nSPS) is 12.8. The molecule has 6 heteroatoms. The summed E-state index contributed by atoms with van der Waals surface area (Å²) < 4.78 is 12.0. The summed E-state index contributed by atoms with van der Waals surface area (Å²) in [6, 6.07) is 12.6. The lowest BCUT2D eigenvalue weighted by atomic mass is 10.1. The first kappa shape index (κ1) is 22.0. The van der Waals surface area contributed by atoms with E-state index in [4.69, 9.17) is 9.47 Å². The first-order valence-corrected chi connectivity index (χ1v) is 10.1. The predicted octanol–water partition coefficient (Wildman–Crippen LogP) is 4.12. The second-order valence-electron chi connectivity index (χ2n) is 6.63. The Kier molecular flexibility index (Phi) is 8.05. The van der Waals surface area contributed by atoms with Gasteiger partial charge in [0.15, 0.2) is 6.10 Å². The van der Waals surface area contributed by atoms with Crippen molar-refractivity contribution in [1.29, 1.82) is 0 Å². The van der Waals surface area contributed by atoms with Crippen molar-refractivity contribution in [3.05, 3.63) is 63.6 Å². The summed E-state index contributed by atoms with van der Waals surface area (Å²) >= 11 is 3.45. The van der Waals surface area contributed by atoms with Gasteiger partial charge in [0.1, 0.15) is 11.8 Å². The average molecular weight is 448 g/mol. The molecule has 5 nitrogen and oxygen atoms in total. The smallest absolute Gasteiger partial charge is 0.328 e. The summed E-state index contributed by atoms with van der Waals surface area (Å²) in [7, 11) is 0. The molecule has 1 N–H and O–H groups in total. The molecule has 1 amide bonds. The third-order valence-corrected chi connectivity index (χ3v) is 4.72. The molecule has 0 saturated carbocycles. The SMILES string of the molecule is CCOC(=O)C(Cc1ccccc1)NC(=O)C(C)Oc1c(C)cc(Br)cc1C. The van der Waals surface area contributed by atoms with Crippen LogP contribution in [0.5, 0.6) is 5.75 Å². The van der Waals surface area contributed by atoms with E-state index in [2.05, 4.69) is 21.2 Å². The van der Waals surface area contributed by atoms with Crippen molar-refractivity contribution in [2.45, 2.75) is 46.3 Å². The monoisotopic (exact) mass is 447 g/mol. The molecule has 2 rings (SSSR count). The van der Waals surface area contributed by atoms with Crippen LogP contribution in [0.1, 0.15) is 30.5 Å². The number of esters is 1. The highest BCUT2D eigenvalue weighted by Gasteiger charge is 2.26. The molecule has 0 aliphatic heterocycles. The number of halogens is 1. The van der Waals surface area contributed by atoms with Crippen molar-refractivity contribution >= 4 is 27.8 Å². The van der Waals surface area contributed by atoms with Crippen LogP contribution in [-0.2, 0) is 20.7 Å². The first-order valence-electron chi connectivity index (χ1n) is 9.26. The van der Waals surface area contributed by atoms with Gasteiger partial charge in [0, 0.05) is 10.9 Å². The zero-order valence-corrected chi connectivity index (χ0v) is 18.2. The molecule has 2 aromatic carbocycles. The number of carbonyl (C=O) groups excluding carboxylic acids is 2. The zero-order valence-electron chi connectivity index (χ0n) is 16.6. The molecule has 28 heavy (non-hydrogen) atoms. The number of hydrogen-bond donors (Lipinski definition) is 1. The molecule has 0 heterocycles. The lowest BCUT2D eigenvalue weighted by Gasteiger charge is -2.22. The summed E-state index contributed by atoms with van der Waals surface area (Å²) in [5, 5.41) is 2.77. The van der Waals surface area contributed by atoms with Crippen LogP contribution in [0.3, 0.4) is 0 Å². The van der Waals surface area contributed by atoms with E-state index in [-0.39, 0.29) is 12.5 Å². The van der Waals surface area contributed by atoms with Crippen LogP contribution in [-0.4, -0.2) is 30.6 Å². The molecule has 0 aliphatic rings. The zero-order chi connectivity index (χ0) is 20.7. The fraction of sp³-hybridized carbons (Fsp3) is 0.364. The van der Waals surface area contributed by atoms with Crippen molar-refractivity contribution in [3.63, 3.8) is 0 Å². The third-order valence-electron chi connectivity index (χ3n) is 4.26. The highest BCUT2D eigenvalue weighted by Crippen LogP contribution is 2.28. The van der Waals surface area contributed by atoms with Crippen LogP contribution in [0.2, 0.25) is 0 Å². The molecule has 0 aromatic heterocycles. The van der Waals surface area contributed by atoms with Crippen LogP contribution < -0.4 is 10.1 Å². The van der Waals surface area contributed by atoms with Gasteiger partial charge >= 0.3 is 5.97 Å². The van der Waals surface area contributed by atoms with Crippen molar-refractivity contribution in [2.24, 2.45) is 0 Å². The minimum absolute atomic E-state index is 0.253. The Morgan fingerprint density at radius 1 is 1.11 bits per heavy atom. The summed E-state index contributed by atoms with van der Waals surface area (Å²) in [6.45, 7) is 7.51. The Bertz CT molecular complexity index is 800. The quantitative estimate of drug-likeness (QED) is 0.617. The minimum atomic E-state index is -0.770. The van der Waals surface area contributed by atoms with Crippen LogP contribution in [0, 0.1) is 13.8 Å². The molecular formula is C22H26BrNO4. The van der Waals surface area contributed by atoms with Crippen molar-refractivity contribution in [2.75, 3.05) is 6.61 Å². The Morgan fingerprint density at radius 3 is 2.29 bits per heavy atom. The van der Waals surface area contributed by atoms with Crippen LogP contribution in [0.25, 0.3) is 0 Å². The summed E-state index contributed by atoms with van der Waals surface area (Å²) in [5.41, 5.74) is 2.80. The molecule has 2 atom stereocenters. The second-order valence-corrected chi connectivity index (χ2v) is 7.55. The minimum Gasteiger partial charge on any atom is -0.480 e. The molecule has 2 unspecified atom stereocenters. The number of amides is 1. The molecule has 0 spiro atoms. The van der Waals surface area contributed by atoms with E-state index in [1.165, 1.54) is 0 Å². The van der Waals surface area contributed by atoms with Crippen LogP contribution >= 0.6 is 15.9 Å². The summed E-state index contributed by atoms with van der Waals surface area (Å²) in [5.74, 6) is -0.153. The largest absolute Gasteiger partial charge is 0.480 e. The molecule has 2 aromatic rings. The number of nitrogens with one attached hydrogen (secondary N) is 1. The lowest BCUT2D eigenvalue weighted by molar-refractivity contribution is -0.148. The van der Waals surface area contributed by atoms with E-state index in [0.717, 1.165) is 21.2 Å². The maximum absolute atomic E-state index is 12.7. The van der Waals surface area contributed by atoms with E-state index in [0.29, 0.717) is 12.2 Å². The van der Waals surface area contributed by atoms with Gasteiger partial charge < -0.3 is 14.8 Å². The Labute approximate surface area is 174 Å². The van der Waals surface area contributed by atoms with E-state index in [1.54, 1.807) is 13.8 Å². The number of hydrogen-bond acceptors (Lipinski definition) is 4. The average Bonchev–Trinajstić information content (AvgIpc) is 2.64. The molecule has 150 valence electrons. The van der Waals surface area contributed by atoms with Crippen LogP contribution in [0.15, 0.2) is 46.9 Å². The van der Waals surface area contributed by atoms with Gasteiger partial charge in [-0.05, 0) is 56.5 Å². The fourth-order valence-corrected chi connectivity index (χ4v) is 3.58. The van der Waals surface area contributed by atoms with Crippen LogP contribution in [0.4, 0.5) is 0 Å². The van der Waals surface area contributed by atoms with Crippen molar-refractivity contribution in [3.8, 4) is 5.75 Å². The fourth-order valence-electron chi connectivity index (χ4n) is 2.89. The standard InChI is InChI=1S/C22H26BrNO4/c1-5-27-22(26)19(13-17-9-7-6-8-10-17)24-21(25)16(4)28-20-14(2)11-18(23)12-15(20)3/h6-12,16,19H,5,13H2,1-4H3,(H,24,25). The molecular weight excluding hydrogens is 422 g/mol. The van der Waals surface area contributed by atoms with Gasteiger partial charge in [0.25, 0.3) is 5.91 Å². The number of carbonyl (C=O) groups is 2. The number of ether oxygens (including phenoxy) is 2. The van der Waals surface area contributed by atoms with E-state index in [1.807, 2.05) is 56.3 Å². The van der Waals surface area contributed by atoms with E-state index < -0.39 is 18.1 Å². The molecule has 0 aliphatic carbocycles. The molecule has 0 saturated heterocycles. The summed E-state index contributed by atoms with van der Waals surface area (Å²) in [4.78, 5) is 25.0. The maximum Gasteiger partial charge on any atom is 0.328 e. The maximum atomic E-state index is 12.7. The van der Waals surface area contributed by atoms with Crippen molar-refractivity contribution in [1.82, 2.24) is 5.32 Å². The van der Waals surface area contributed by atoms with Gasteiger partial charge in [0.2, 0.25) is 0 Å². The number of rotatable bonds is 8. The Balaban J connectivity index is 2.10. The third kappa shape index (κ3) is 6.09. The predicted molar refractivity (Wildman–Crippen MR) is 112 cm³/mol. The second kappa shape index (κ2) is 10.3. The lowest BCUT2D eigenvalue weighted by Crippen LogP contribution is -2.48.